The van der Waals surface area contributed by atoms with Gasteiger partial charge in [0.1, 0.15) is 0 Å². The molecule has 0 atom stereocenters. The van der Waals surface area contributed by atoms with Crippen molar-refractivity contribution in [3.8, 4) is 11.5 Å². The third kappa shape index (κ3) is 3.21. The van der Waals surface area contributed by atoms with Crippen LogP contribution in [-0.4, -0.2) is 50.6 Å². The van der Waals surface area contributed by atoms with Gasteiger partial charge in [-0.25, -0.2) is 0 Å². The maximum absolute atomic E-state index is 12.6. The lowest BCUT2D eigenvalue weighted by atomic mass is 10.1. The summed E-state index contributed by atoms with van der Waals surface area (Å²) in [6.07, 6.45) is 3.71. The standard InChI is InChI=1S/C16H20N2O4/c1-4-5-11-8-12(9-13(21-2)15(11)22-3)16(20)18-7-6-17-14(19)10-18/h4-5,8-9H,6-7,10H2,1-3H3,(H,17,19). The molecule has 1 heterocycles. The minimum atomic E-state index is -0.193. The number of methoxy groups -OCH3 is 2. The molecule has 22 heavy (non-hydrogen) atoms. The van der Waals surface area contributed by atoms with E-state index in [4.69, 9.17) is 9.47 Å². The van der Waals surface area contributed by atoms with E-state index in [0.29, 0.717) is 30.2 Å². The Morgan fingerprint density at radius 2 is 2.09 bits per heavy atom. The summed E-state index contributed by atoms with van der Waals surface area (Å²) >= 11 is 0. The fourth-order valence-electron chi connectivity index (χ4n) is 2.42. The van der Waals surface area contributed by atoms with Crippen LogP contribution in [0.15, 0.2) is 18.2 Å². The van der Waals surface area contributed by atoms with E-state index in [1.165, 1.54) is 12.0 Å². The van der Waals surface area contributed by atoms with Gasteiger partial charge in [-0.15, -0.1) is 0 Å². The summed E-state index contributed by atoms with van der Waals surface area (Å²) in [5.74, 6) is 0.728. The highest BCUT2D eigenvalue weighted by molar-refractivity contribution is 5.98. The molecule has 1 aromatic rings. The molecule has 2 amide bonds. The van der Waals surface area contributed by atoms with E-state index in [2.05, 4.69) is 5.32 Å². The summed E-state index contributed by atoms with van der Waals surface area (Å²) in [5, 5.41) is 2.70. The first kappa shape index (κ1) is 15.9. The Morgan fingerprint density at radius 3 is 2.68 bits per heavy atom. The van der Waals surface area contributed by atoms with Crippen molar-refractivity contribution in [2.45, 2.75) is 6.92 Å². The van der Waals surface area contributed by atoms with Crippen molar-refractivity contribution in [1.82, 2.24) is 10.2 Å². The van der Waals surface area contributed by atoms with Gasteiger partial charge in [-0.05, 0) is 19.1 Å². The fourth-order valence-corrected chi connectivity index (χ4v) is 2.42. The van der Waals surface area contributed by atoms with Crippen LogP contribution in [-0.2, 0) is 4.79 Å². The van der Waals surface area contributed by atoms with Gasteiger partial charge in [-0.2, -0.15) is 0 Å². The fraction of sp³-hybridized carbons (Fsp3) is 0.375. The van der Waals surface area contributed by atoms with E-state index in [-0.39, 0.29) is 18.4 Å². The number of benzene rings is 1. The van der Waals surface area contributed by atoms with Gasteiger partial charge in [0.15, 0.2) is 11.5 Å². The molecular formula is C16H20N2O4. The Hall–Kier alpha value is -2.50. The van der Waals surface area contributed by atoms with Gasteiger partial charge in [-0.1, -0.05) is 12.2 Å². The van der Waals surface area contributed by atoms with Crippen LogP contribution < -0.4 is 14.8 Å². The van der Waals surface area contributed by atoms with E-state index in [1.807, 2.05) is 19.1 Å². The van der Waals surface area contributed by atoms with E-state index in [0.717, 1.165) is 5.56 Å². The first-order valence-electron chi connectivity index (χ1n) is 7.05. The van der Waals surface area contributed by atoms with Crippen LogP contribution >= 0.6 is 0 Å². The van der Waals surface area contributed by atoms with Crippen LogP contribution in [0.25, 0.3) is 6.08 Å². The van der Waals surface area contributed by atoms with Crippen LogP contribution in [0.4, 0.5) is 0 Å². The van der Waals surface area contributed by atoms with Crippen molar-refractivity contribution in [2.75, 3.05) is 33.9 Å². The van der Waals surface area contributed by atoms with Crippen molar-refractivity contribution in [2.24, 2.45) is 0 Å². The molecule has 1 aliphatic heterocycles. The first-order chi connectivity index (χ1) is 10.6. The molecular weight excluding hydrogens is 284 g/mol. The third-order valence-corrected chi connectivity index (χ3v) is 3.43. The molecule has 0 aromatic heterocycles. The van der Waals surface area contributed by atoms with Crippen LogP contribution in [0.3, 0.4) is 0 Å². The lowest BCUT2D eigenvalue weighted by Gasteiger charge is -2.27. The number of carbonyl (C=O) groups excluding carboxylic acids is 2. The highest BCUT2D eigenvalue weighted by Gasteiger charge is 2.24. The predicted molar refractivity (Wildman–Crippen MR) is 83.2 cm³/mol. The Morgan fingerprint density at radius 1 is 1.32 bits per heavy atom. The van der Waals surface area contributed by atoms with Crippen molar-refractivity contribution in [3.05, 3.63) is 29.3 Å². The van der Waals surface area contributed by atoms with Gasteiger partial charge in [-0.3, -0.25) is 9.59 Å². The van der Waals surface area contributed by atoms with Crippen LogP contribution in [0.5, 0.6) is 11.5 Å². The number of allylic oxidation sites excluding steroid dienone is 1. The number of ether oxygens (including phenoxy) is 2. The normalized spacial score (nSPS) is 14.9. The number of nitrogens with zero attached hydrogens (tertiary/aromatic N) is 1. The molecule has 2 rings (SSSR count). The predicted octanol–water partition coefficient (Wildman–Crippen LogP) is 1.31. The van der Waals surface area contributed by atoms with Crippen molar-refractivity contribution >= 4 is 17.9 Å². The van der Waals surface area contributed by atoms with E-state index < -0.39 is 0 Å². The molecule has 6 nitrogen and oxygen atoms in total. The van der Waals surface area contributed by atoms with Gasteiger partial charge >= 0.3 is 0 Å². The summed E-state index contributed by atoms with van der Waals surface area (Å²) in [6.45, 7) is 2.93. The highest BCUT2D eigenvalue weighted by atomic mass is 16.5. The monoisotopic (exact) mass is 304 g/mol. The lowest BCUT2D eigenvalue weighted by molar-refractivity contribution is -0.123. The second kappa shape index (κ2) is 6.98. The Kier molecular flexibility index (Phi) is 5.04. The Labute approximate surface area is 129 Å². The summed E-state index contributed by atoms with van der Waals surface area (Å²) in [7, 11) is 3.08. The first-order valence-corrected chi connectivity index (χ1v) is 7.05. The van der Waals surface area contributed by atoms with Gasteiger partial charge in [0, 0.05) is 24.2 Å². The van der Waals surface area contributed by atoms with Crippen molar-refractivity contribution in [3.63, 3.8) is 0 Å². The molecule has 0 radical (unpaired) electrons. The zero-order valence-corrected chi connectivity index (χ0v) is 13.0. The minimum Gasteiger partial charge on any atom is -0.493 e. The Bertz CT molecular complexity index is 610. The second-order valence-electron chi connectivity index (χ2n) is 4.88. The summed E-state index contributed by atoms with van der Waals surface area (Å²) in [5.41, 5.74) is 1.23. The number of hydrogen-bond acceptors (Lipinski definition) is 4. The molecule has 0 unspecified atom stereocenters. The molecule has 0 bridgehead atoms. The molecule has 118 valence electrons. The zero-order valence-electron chi connectivity index (χ0n) is 13.0. The van der Waals surface area contributed by atoms with Gasteiger partial charge in [0.25, 0.3) is 5.91 Å². The summed E-state index contributed by atoms with van der Waals surface area (Å²) < 4.78 is 10.7. The van der Waals surface area contributed by atoms with Crippen LogP contribution in [0.1, 0.15) is 22.8 Å². The molecule has 1 aromatic carbocycles. The van der Waals surface area contributed by atoms with E-state index in [9.17, 15) is 9.59 Å². The molecule has 1 aliphatic rings. The van der Waals surface area contributed by atoms with E-state index in [1.54, 1.807) is 19.2 Å². The number of rotatable bonds is 4. The number of carbonyl (C=O) groups is 2. The maximum Gasteiger partial charge on any atom is 0.254 e. The molecule has 0 spiro atoms. The summed E-state index contributed by atoms with van der Waals surface area (Å²) in [6, 6.07) is 3.39. The van der Waals surface area contributed by atoms with E-state index >= 15 is 0 Å². The third-order valence-electron chi connectivity index (χ3n) is 3.43. The largest absolute Gasteiger partial charge is 0.493 e. The SMILES string of the molecule is CC=Cc1cc(C(=O)N2CCNC(=O)C2)cc(OC)c1OC. The summed E-state index contributed by atoms with van der Waals surface area (Å²) in [4.78, 5) is 25.6. The number of piperazine rings is 1. The molecule has 1 saturated heterocycles. The van der Waals surface area contributed by atoms with Crippen LogP contribution in [0, 0.1) is 0 Å². The average Bonchev–Trinajstić information content (AvgIpc) is 2.53. The topological polar surface area (TPSA) is 67.9 Å². The molecule has 0 saturated carbocycles. The molecule has 6 heteroatoms. The smallest absolute Gasteiger partial charge is 0.254 e. The molecule has 1 N–H and O–H groups in total. The maximum atomic E-state index is 12.6. The average molecular weight is 304 g/mol. The second-order valence-corrected chi connectivity index (χ2v) is 4.88. The van der Waals surface area contributed by atoms with Crippen LogP contribution in [0.2, 0.25) is 0 Å². The number of nitrogens with one attached hydrogen (secondary N) is 1. The number of amides is 2. The lowest BCUT2D eigenvalue weighted by Crippen LogP contribution is -2.49. The quantitative estimate of drug-likeness (QED) is 0.910. The molecule has 1 fully saturated rings. The van der Waals surface area contributed by atoms with Gasteiger partial charge < -0.3 is 19.7 Å². The number of hydrogen-bond donors (Lipinski definition) is 1. The van der Waals surface area contributed by atoms with Crippen molar-refractivity contribution in [1.29, 1.82) is 0 Å². The Balaban J connectivity index is 2.39. The molecule has 0 aliphatic carbocycles. The van der Waals surface area contributed by atoms with Crippen molar-refractivity contribution < 1.29 is 19.1 Å². The van der Waals surface area contributed by atoms with Gasteiger partial charge in [0.05, 0.1) is 20.8 Å². The highest BCUT2D eigenvalue weighted by Crippen LogP contribution is 2.34. The van der Waals surface area contributed by atoms with Gasteiger partial charge in [0.2, 0.25) is 5.91 Å². The zero-order chi connectivity index (χ0) is 16.1. The minimum absolute atomic E-state index is 0.0755.